The number of hydrogen-bond donors (Lipinski definition) is 1. The molecule has 2 aromatic rings. The van der Waals surface area contributed by atoms with E-state index in [1.165, 1.54) is 0 Å². The fraction of sp³-hybridized carbons (Fsp3) is 0.250. The van der Waals surface area contributed by atoms with Crippen molar-refractivity contribution in [2.45, 2.75) is 18.4 Å². The molecule has 0 aliphatic heterocycles. The highest BCUT2D eigenvalue weighted by atomic mass is 19.1. The van der Waals surface area contributed by atoms with Gasteiger partial charge in [0.2, 0.25) is 0 Å². The lowest BCUT2D eigenvalue weighted by molar-refractivity contribution is 0.146. The first-order valence-corrected chi connectivity index (χ1v) is 6.35. The van der Waals surface area contributed by atoms with Crippen molar-refractivity contribution in [1.82, 2.24) is 0 Å². The second kappa shape index (κ2) is 4.74. The van der Waals surface area contributed by atoms with Crippen molar-refractivity contribution in [2.75, 3.05) is 0 Å². The Morgan fingerprint density at radius 3 is 2.53 bits per heavy atom. The Kier molecular flexibility index (Phi) is 3.07. The third-order valence-electron chi connectivity index (χ3n) is 3.75. The second-order valence-corrected chi connectivity index (χ2v) is 5.03. The standard InChI is InChI=1S/C16H14F2O/c17-11-6-7-15(18)14(8-11)16(19)13-9-12(13)10-4-2-1-3-5-10/h1-8,12-13,16,19H,9H2. The van der Waals surface area contributed by atoms with Crippen molar-refractivity contribution in [3.63, 3.8) is 0 Å². The van der Waals surface area contributed by atoms with E-state index in [-0.39, 0.29) is 17.4 Å². The molecule has 3 unspecified atom stereocenters. The Bertz CT molecular complexity index is 583. The molecule has 19 heavy (non-hydrogen) atoms. The molecule has 0 heterocycles. The average molecular weight is 260 g/mol. The van der Waals surface area contributed by atoms with Crippen LogP contribution in [-0.4, -0.2) is 5.11 Å². The maximum atomic E-state index is 13.6. The minimum Gasteiger partial charge on any atom is -0.388 e. The van der Waals surface area contributed by atoms with Gasteiger partial charge >= 0.3 is 0 Å². The molecule has 0 radical (unpaired) electrons. The minimum absolute atomic E-state index is 0.0290. The van der Waals surface area contributed by atoms with Crippen molar-refractivity contribution < 1.29 is 13.9 Å². The van der Waals surface area contributed by atoms with Crippen LogP contribution in [0.2, 0.25) is 0 Å². The number of aliphatic hydroxyl groups is 1. The van der Waals surface area contributed by atoms with E-state index >= 15 is 0 Å². The first-order chi connectivity index (χ1) is 9.16. The highest BCUT2D eigenvalue weighted by Crippen LogP contribution is 2.54. The largest absolute Gasteiger partial charge is 0.388 e. The van der Waals surface area contributed by atoms with Crippen molar-refractivity contribution in [3.05, 3.63) is 71.3 Å². The maximum Gasteiger partial charge on any atom is 0.129 e. The van der Waals surface area contributed by atoms with Gasteiger partial charge in [-0.1, -0.05) is 30.3 Å². The number of rotatable bonds is 3. The minimum atomic E-state index is -0.944. The lowest BCUT2D eigenvalue weighted by Crippen LogP contribution is -2.04. The molecule has 1 N–H and O–H groups in total. The van der Waals surface area contributed by atoms with Gasteiger partial charge in [0.05, 0.1) is 6.10 Å². The highest BCUT2D eigenvalue weighted by molar-refractivity contribution is 5.30. The van der Waals surface area contributed by atoms with E-state index in [1.54, 1.807) is 0 Å². The zero-order valence-electron chi connectivity index (χ0n) is 10.3. The van der Waals surface area contributed by atoms with Crippen LogP contribution in [0.3, 0.4) is 0 Å². The highest BCUT2D eigenvalue weighted by Gasteiger charge is 2.44. The van der Waals surface area contributed by atoms with Crippen LogP contribution in [0.25, 0.3) is 0 Å². The zero-order valence-corrected chi connectivity index (χ0v) is 10.3. The summed E-state index contributed by atoms with van der Waals surface area (Å²) in [7, 11) is 0. The van der Waals surface area contributed by atoms with E-state index in [2.05, 4.69) is 0 Å². The van der Waals surface area contributed by atoms with Crippen molar-refractivity contribution in [3.8, 4) is 0 Å². The normalized spacial score (nSPS) is 23.1. The van der Waals surface area contributed by atoms with Gasteiger partial charge in [-0.25, -0.2) is 8.78 Å². The quantitative estimate of drug-likeness (QED) is 0.890. The van der Waals surface area contributed by atoms with Crippen LogP contribution in [0.5, 0.6) is 0 Å². The van der Waals surface area contributed by atoms with Gasteiger partial charge in [0, 0.05) is 5.56 Å². The summed E-state index contributed by atoms with van der Waals surface area (Å²) in [5, 5.41) is 10.2. The number of aliphatic hydroxyl groups excluding tert-OH is 1. The molecule has 2 aromatic carbocycles. The Hall–Kier alpha value is -1.74. The molecule has 0 amide bonds. The predicted molar refractivity (Wildman–Crippen MR) is 68.6 cm³/mol. The van der Waals surface area contributed by atoms with Crippen LogP contribution in [0.1, 0.15) is 29.6 Å². The monoisotopic (exact) mass is 260 g/mol. The molecule has 98 valence electrons. The van der Waals surface area contributed by atoms with Crippen LogP contribution in [0.4, 0.5) is 8.78 Å². The maximum absolute atomic E-state index is 13.6. The molecule has 1 aliphatic rings. The Morgan fingerprint density at radius 2 is 1.79 bits per heavy atom. The van der Waals surface area contributed by atoms with E-state index in [0.717, 1.165) is 30.2 Å². The predicted octanol–water partition coefficient (Wildman–Crippen LogP) is 3.80. The smallest absolute Gasteiger partial charge is 0.129 e. The van der Waals surface area contributed by atoms with E-state index in [0.29, 0.717) is 0 Å². The first kappa shape index (κ1) is 12.3. The van der Waals surface area contributed by atoms with Gasteiger partial charge in [0.15, 0.2) is 0 Å². The third kappa shape index (κ3) is 2.38. The molecule has 1 fully saturated rings. The summed E-state index contributed by atoms with van der Waals surface area (Å²) in [6.07, 6.45) is -0.137. The molecule has 1 aliphatic carbocycles. The fourth-order valence-electron chi connectivity index (χ4n) is 2.62. The molecular weight excluding hydrogens is 246 g/mol. The summed E-state index contributed by atoms with van der Waals surface area (Å²) >= 11 is 0. The van der Waals surface area contributed by atoms with Crippen molar-refractivity contribution in [2.24, 2.45) is 5.92 Å². The summed E-state index contributed by atoms with van der Waals surface area (Å²) in [5.41, 5.74) is 1.20. The van der Waals surface area contributed by atoms with Crippen molar-refractivity contribution >= 4 is 0 Å². The van der Waals surface area contributed by atoms with Gasteiger partial charge in [-0.3, -0.25) is 0 Å². The molecule has 1 nitrogen and oxygen atoms in total. The zero-order chi connectivity index (χ0) is 13.4. The van der Waals surface area contributed by atoms with E-state index in [1.807, 2.05) is 30.3 Å². The van der Waals surface area contributed by atoms with Crippen LogP contribution < -0.4 is 0 Å². The summed E-state index contributed by atoms with van der Waals surface area (Å²) in [6.45, 7) is 0. The molecule has 3 rings (SSSR count). The lowest BCUT2D eigenvalue weighted by atomic mass is 10.0. The topological polar surface area (TPSA) is 20.2 Å². The van der Waals surface area contributed by atoms with E-state index in [9.17, 15) is 13.9 Å². The van der Waals surface area contributed by atoms with E-state index < -0.39 is 17.7 Å². The summed E-state index contributed by atoms with van der Waals surface area (Å²) < 4.78 is 26.7. The molecule has 0 saturated heterocycles. The van der Waals surface area contributed by atoms with Gasteiger partial charge < -0.3 is 5.11 Å². The van der Waals surface area contributed by atoms with Crippen molar-refractivity contribution in [1.29, 1.82) is 0 Å². The Balaban J connectivity index is 1.80. The van der Waals surface area contributed by atoms with Crippen LogP contribution in [-0.2, 0) is 0 Å². The van der Waals surface area contributed by atoms with Gasteiger partial charge in [0.25, 0.3) is 0 Å². The Morgan fingerprint density at radius 1 is 1.05 bits per heavy atom. The molecule has 3 heteroatoms. The average Bonchev–Trinajstić information content (AvgIpc) is 3.22. The molecule has 0 bridgehead atoms. The SMILES string of the molecule is OC(c1cc(F)ccc1F)C1CC1c1ccccc1. The van der Waals surface area contributed by atoms with Gasteiger partial charge in [-0.2, -0.15) is 0 Å². The third-order valence-corrected chi connectivity index (χ3v) is 3.75. The van der Waals surface area contributed by atoms with Crippen LogP contribution in [0.15, 0.2) is 48.5 Å². The molecule has 0 spiro atoms. The van der Waals surface area contributed by atoms with Crippen LogP contribution in [0, 0.1) is 17.6 Å². The number of halogens is 2. The summed E-state index contributed by atoms with van der Waals surface area (Å²) in [5.74, 6) is -0.863. The van der Waals surface area contributed by atoms with Gasteiger partial charge in [0.1, 0.15) is 11.6 Å². The van der Waals surface area contributed by atoms with E-state index in [4.69, 9.17) is 0 Å². The molecular formula is C16H14F2O. The fourth-order valence-corrected chi connectivity index (χ4v) is 2.62. The number of hydrogen-bond acceptors (Lipinski definition) is 1. The second-order valence-electron chi connectivity index (χ2n) is 5.03. The molecule has 0 aromatic heterocycles. The first-order valence-electron chi connectivity index (χ1n) is 6.35. The summed E-state index contributed by atoms with van der Waals surface area (Å²) in [4.78, 5) is 0. The van der Waals surface area contributed by atoms with Gasteiger partial charge in [-0.05, 0) is 42.0 Å². The van der Waals surface area contributed by atoms with Gasteiger partial charge in [-0.15, -0.1) is 0 Å². The number of benzene rings is 2. The lowest BCUT2D eigenvalue weighted by Gasteiger charge is -2.12. The Labute approximate surface area is 110 Å². The summed E-state index contributed by atoms with van der Waals surface area (Å²) in [6, 6.07) is 13.0. The van der Waals surface area contributed by atoms with Crippen LogP contribution >= 0.6 is 0 Å². The molecule has 1 saturated carbocycles. The molecule has 3 atom stereocenters.